The van der Waals surface area contributed by atoms with Crippen molar-refractivity contribution in [2.75, 3.05) is 36.5 Å². The van der Waals surface area contributed by atoms with Crippen molar-refractivity contribution in [3.8, 4) is 0 Å². The zero-order chi connectivity index (χ0) is 13.2. The van der Waals surface area contributed by atoms with Crippen LogP contribution in [-0.4, -0.2) is 40.8 Å². The fourth-order valence-electron chi connectivity index (χ4n) is 1.95. The first-order valence-electron chi connectivity index (χ1n) is 5.64. The lowest BCUT2D eigenvalue weighted by molar-refractivity contribution is -0.384. The number of hydrogen-bond acceptors (Lipinski definition) is 5. The lowest BCUT2D eigenvalue weighted by Gasteiger charge is -2.30. The van der Waals surface area contributed by atoms with Gasteiger partial charge in [0.2, 0.25) is 0 Å². The Hall–Kier alpha value is -1.63. The Labute approximate surface area is 106 Å². The molecule has 0 aromatic heterocycles. The van der Waals surface area contributed by atoms with Crippen LogP contribution in [0.25, 0.3) is 0 Å². The Kier molecular flexibility index (Phi) is 3.51. The Bertz CT molecular complexity index is 547. The molecule has 0 radical (unpaired) electrons. The molecule has 1 fully saturated rings. The van der Waals surface area contributed by atoms with Crippen LogP contribution in [0, 0.1) is 10.1 Å². The maximum absolute atomic E-state index is 12.0. The van der Waals surface area contributed by atoms with Crippen molar-refractivity contribution in [2.45, 2.75) is 0 Å². The number of nitro groups is 1. The molecule has 0 spiro atoms. The average Bonchev–Trinajstić information content (AvgIpc) is 2.40. The molecule has 1 aliphatic rings. The number of non-ortho nitro benzene ring substituents is 1. The molecule has 98 valence electrons. The molecule has 0 atom stereocenters. The summed E-state index contributed by atoms with van der Waals surface area (Å²) in [5.41, 5.74) is 1.02. The number of hydrogen-bond donors (Lipinski definition) is 0. The first-order chi connectivity index (χ1) is 8.54. The molecule has 0 amide bonds. The molecule has 6 nitrogen and oxygen atoms in total. The average molecular weight is 269 g/mol. The van der Waals surface area contributed by atoms with E-state index in [0.29, 0.717) is 24.6 Å². The minimum absolute atomic E-state index is 0.0862. The molecule has 0 saturated carbocycles. The molecule has 1 saturated heterocycles. The van der Waals surface area contributed by atoms with E-state index in [1.165, 1.54) is 12.1 Å². The maximum Gasteiger partial charge on any atom is 0.269 e. The highest BCUT2D eigenvalue weighted by Crippen LogP contribution is 2.21. The summed E-state index contributed by atoms with van der Waals surface area (Å²) in [6.07, 6.45) is 0. The highest BCUT2D eigenvalue weighted by Gasteiger charge is 2.20. The van der Waals surface area contributed by atoms with Gasteiger partial charge in [0, 0.05) is 59.2 Å². The van der Waals surface area contributed by atoms with Crippen LogP contribution < -0.4 is 4.90 Å². The van der Waals surface area contributed by atoms with Crippen molar-refractivity contribution < 1.29 is 9.13 Å². The molecule has 0 N–H and O–H groups in total. The topological polar surface area (TPSA) is 75.8 Å². The zero-order valence-electron chi connectivity index (χ0n) is 10.1. The summed E-state index contributed by atoms with van der Waals surface area (Å²) in [6, 6.07) is 6.44. The van der Waals surface area contributed by atoms with Crippen molar-refractivity contribution >= 4 is 21.1 Å². The third kappa shape index (κ3) is 2.61. The highest BCUT2D eigenvalue weighted by atomic mass is 32.2. The van der Waals surface area contributed by atoms with Crippen LogP contribution in [0.2, 0.25) is 0 Å². The highest BCUT2D eigenvalue weighted by molar-refractivity contribution is 7.93. The molecular weight excluding hydrogens is 254 g/mol. The maximum atomic E-state index is 12.0. The largest absolute Gasteiger partial charge is 0.370 e. The Morgan fingerprint density at radius 1 is 1.28 bits per heavy atom. The first-order valence-corrected chi connectivity index (χ1v) is 7.49. The predicted octanol–water partition coefficient (Wildman–Crippen LogP) is 1.51. The van der Waals surface area contributed by atoms with Gasteiger partial charge in [-0.15, -0.1) is 0 Å². The van der Waals surface area contributed by atoms with Gasteiger partial charge in [0.15, 0.2) is 0 Å². The molecule has 1 aromatic carbocycles. The van der Waals surface area contributed by atoms with Crippen molar-refractivity contribution in [2.24, 2.45) is 4.36 Å². The van der Waals surface area contributed by atoms with Crippen LogP contribution in [-0.2, 0) is 9.73 Å². The third-order valence-electron chi connectivity index (χ3n) is 3.12. The SMILES string of the molecule is CN=S1(=O)CCN(c2ccc([N+](=O)[O-])cc2)CC1. The van der Waals surface area contributed by atoms with Gasteiger partial charge >= 0.3 is 0 Å². The van der Waals surface area contributed by atoms with Crippen LogP contribution in [0.4, 0.5) is 11.4 Å². The van der Waals surface area contributed by atoms with Gasteiger partial charge in [0.05, 0.1) is 4.92 Å². The van der Waals surface area contributed by atoms with E-state index in [9.17, 15) is 14.3 Å². The summed E-state index contributed by atoms with van der Waals surface area (Å²) in [7, 11) is -0.414. The van der Waals surface area contributed by atoms with Crippen LogP contribution in [0.5, 0.6) is 0 Å². The smallest absolute Gasteiger partial charge is 0.269 e. The summed E-state index contributed by atoms with van der Waals surface area (Å²) in [5, 5.41) is 10.6. The summed E-state index contributed by atoms with van der Waals surface area (Å²) in [5.74, 6) is 1.11. The normalized spacial score (nSPS) is 18.4. The molecule has 18 heavy (non-hydrogen) atoms. The van der Waals surface area contributed by atoms with Crippen molar-refractivity contribution in [1.82, 2.24) is 0 Å². The second-order valence-corrected chi connectivity index (χ2v) is 6.85. The molecule has 1 aliphatic heterocycles. The second kappa shape index (κ2) is 4.93. The van der Waals surface area contributed by atoms with Gasteiger partial charge in [-0.2, -0.15) is 0 Å². The molecule has 0 aliphatic carbocycles. The summed E-state index contributed by atoms with van der Waals surface area (Å²) >= 11 is 0. The molecule has 1 aromatic rings. The number of nitro benzene ring substituents is 1. The van der Waals surface area contributed by atoms with Crippen molar-refractivity contribution in [3.63, 3.8) is 0 Å². The van der Waals surface area contributed by atoms with E-state index in [1.54, 1.807) is 19.2 Å². The van der Waals surface area contributed by atoms with E-state index in [1.807, 2.05) is 0 Å². The Balaban J connectivity index is 2.10. The lowest BCUT2D eigenvalue weighted by atomic mass is 10.2. The van der Waals surface area contributed by atoms with Gasteiger partial charge in [0.1, 0.15) is 0 Å². The number of rotatable bonds is 2. The van der Waals surface area contributed by atoms with Crippen molar-refractivity contribution in [3.05, 3.63) is 34.4 Å². The zero-order valence-corrected chi connectivity index (χ0v) is 10.9. The van der Waals surface area contributed by atoms with Gasteiger partial charge < -0.3 is 4.90 Å². The standard InChI is InChI=1S/C11H15N3O3S/c1-12-18(17)8-6-13(7-9-18)10-2-4-11(5-3-10)14(15)16/h2-5H,6-9H2,1H3. The third-order valence-corrected chi connectivity index (χ3v) is 5.43. The van der Waals surface area contributed by atoms with Gasteiger partial charge in [0.25, 0.3) is 5.69 Å². The minimum Gasteiger partial charge on any atom is -0.370 e. The second-order valence-electron chi connectivity index (χ2n) is 4.12. The molecule has 2 rings (SSSR count). The number of anilines is 1. The van der Waals surface area contributed by atoms with Gasteiger partial charge in [-0.3, -0.25) is 10.1 Å². The molecule has 7 heteroatoms. The molecule has 0 bridgehead atoms. The van der Waals surface area contributed by atoms with E-state index >= 15 is 0 Å². The van der Waals surface area contributed by atoms with E-state index in [2.05, 4.69) is 9.26 Å². The predicted molar refractivity (Wildman–Crippen MR) is 71.5 cm³/mol. The lowest BCUT2D eigenvalue weighted by Crippen LogP contribution is -2.40. The molecule has 0 unspecified atom stereocenters. The summed E-state index contributed by atoms with van der Waals surface area (Å²) < 4.78 is 16.0. The van der Waals surface area contributed by atoms with Crippen LogP contribution in [0.15, 0.2) is 28.6 Å². The molecular formula is C11H15N3O3S. The van der Waals surface area contributed by atoms with Gasteiger partial charge in [-0.25, -0.2) is 8.57 Å². The van der Waals surface area contributed by atoms with E-state index < -0.39 is 14.7 Å². The summed E-state index contributed by atoms with van der Waals surface area (Å²) in [4.78, 5) is 12.2. The summed E-state index contributed by atoms with van der Waals surface area (Å²) in [6.45, 7) is 1.35. The number of benzene rings is 1. The quantitative estimate of drug-likeness (QED) is 0.602. The molecule has 1 heterocycles. The number of nitrogens with zero attached hydrogens (tertiary/aromatic N) is 3. The van der Waals surface area contributed by atoms with Crippen LogP contribution >= 0.6 is 0 Å². The van der Waals surface area contributed by atoms with E-state index in [-0.39, 0.29) is 5.69 Å². The van der Waals surface area contributed by atoms with Crippen LogP contribution in [0.1, 0.15) is 0 Å². The van der Waals surface area contributed by atoms with Crippen molar-refractivity contribution in [1.29, 1.82) is 0 Å². The van der Waals surface area contributed by atoms with E-state index in [0.717, 1.165) is 5.69 Å². The van der Waals surface area contributed by atoms with E-state index in [4.69, 9.17) is 0 Å². The fourth-order valence-corrected chi connectivity index (χ4v) is 3.53. The fraction of sp³-hybridized carbons (Fsp3) is 0.455. The first kappa shape index (κ1) is 12.8. The Morgan fingerprint density at radius 2 is 1.83 bits per heavy atom. The van der Waals surface area contributed by atoms with Crippen LogP contribution in [0.3, 0.4) is 0 Å². The monoisotopic (exact) mass is 269 g/mol. The minimum atomic E-state index is -2.02. The van der Waals surface area contributed by atoms with Gasteiger partial charge in [-0.05, 0) is 12.1 Å². The Morgan fingerprint density at radius 3 is 2.28 bits per heavy atom. The van der Waals surface area contributed by atoms with Gasteiger partial charge in [-0.1, -0.05) is 0 Å².